The molecular formula is C18H22O6. The lowest BCUT2D eigenvalue weighted by atomic mass is 9.82. The summed E-state index contributed by atoms with van der Waals surface area (Å²) in [5.41, 5.74) is -0.0763. The van der Waals surface area contributed by atoms with Crippen molar-refractivity contribution in [2.45, 2.75) is 32.8 Å². The fourth-order valence-electron chi connectivity index (χ4n) is 2.95. The van der Waals surface area contributed by atoms with Gasteiger partial charge in [-0.05, 0) is 26.3 Å². The molecule has 0 saturated carbocycles. The third kappa shape index (κ3) is 3.58. The molecule has 0 aliphatic carbocycles. The highest BCUT2D eigenvalue weighted by Gasteiger charge is 2.53. The summed E-state index contributed by atoms with van der Waals surface area (Å²) in [4.78, 5) is 36.8. The third-order valence-corrected chi connectivity index (χ3v) is 4.11. The van der Waals surface area contributed by atoms with Crippen molar-refractivity contribution >= 4 is 17.9 Å². The lowest BCUT2D eigenvalue weighted by molar-refractivity contribution is -0.168. The van der Waals surface area contributed by atoms with Crippen LogP contribution in [0.4, 0.5) is 0 Å². The SMILES string of the molecule is CCOC(=O)C(C(=O)OCC)[C@H]1C[C@@](C)(c2ccccc2)OC1=O. The van der Waals surface area contributed by atoms with Gasteiger partial charge in [0.25, 0.3) is 0 Å². The van der Waals surface area contributed by atoms with Gasteiger partial charge in [0.15, 0.2) is 5.92 Å². The highest BCUT2D eigenvalue weighted by molar-refractivity contribution is 5.99. The number of ether oxygens (including phenoxy) is 3. The predicted molar refractivity (Wildman–Crippen MR) is 84.7 cm³/mol. The van der Waals surface area contributed by atoms with Crippen molar-refractivity contribution in [3.63, 3.8) is 0 Å². The minimum atomic E-state index is -1.30. The molecule has 1 aliphatic rings. The summed E-state index contributed by atoms with van der Waals surface area (Å²) in [6.45, 7) is 5.29. The first-order valence-corrected chi connectivity index (χ1v) is 8.04. The molecule has 2 atom stereocenters. The molecule has 0 bridgehead atoms. The van der Waals surface area contributed by atoms with Gasteiger partial charge in [0.2, 0.25) is 0 Å². The van der Waals surface area contributed by atoms with Crippen LogP contribution in [-0.2, 0) is 34.2 Å². The number of hydrogen-bond acceptors (Lipinski definition) is 6. The molecule has 1 aromatic carbocycles. The van der Waals surface area contributed by atoms with Gasteiger partial charge < -0.3 is 14.2 Å². The largest absolute Gasteiger partial charge is 0.465 e. The molecule has 1 fully saturated rings. The van der Waals surface area contributed by atoms with Crippen LogP contribution in [0.15, 0.2) is 30.3 Å². The molecule has 0 N–H and O–H groups in total. The molecule has 24 heavy (non-hydrogen) atoms. The van der Waals surface area contributed by atoms with E-state index in [0.717, 1.165) is 5.56 Å². The van der Waals surface area contributed by atoms with Gasteiger partial charge in [0, 0.05) is 6.42 Å². The van der Waals surface area contributed by atoms with Crippen LogP contribution in [0.5, 0.6) is 0 Å². The number of hydrogen-bond donors (Lipinski definition) is 0. The maximum Gasteiger partial charge on any atom is 0.321 e. The van der Waals surface area contributed by atoms with Gasteiger partial charge in [-0.25, -0.2) is 0 Å². The van der Waals surface area contributed by atoms with E-state index in [0.29, 0.717) is 0 Å². The van der Waals surface area contributed by atoms with Crippen LogP contribution in [0.2, 0.25) is 0 Å². The molecule has 0 unspecified atom stereocenters. The van der Waals surface area contributed by atoms with Gasteiger partial charge in [-0.1, -0.05) is 30.3 Å². The third-order valence-electron chi connectivity index (χ3n) is 4.11. The van der Waals surface area contributed by atoms with E-state index >= 15 is 0 Å². The first-order chi connectivity index (χ1) is 11.4. The fraction of sp³-hybridized carbons (Fsp3) is 0.500. The summed E-state index contributed by atoms with van der Waals surface area (Å²) < 4.78 is 15.4. The molecule has 0 amide bonds. The summed E-state index contributed by atoms with van der Waals surface area (Å²) in [6, 6.07) is 9.24. The molecule has 6 heteroatoms. The number of carbonyl (C=O) groups is 3. The van der Waals surface area contributed by atoms with Gasteiger partial charge in [-0.15, -0.1) is 0 Å². The Kier molecular flexibility index (Phi) is 5.59. The Morgan fingerprint density at radius 1 is 1.17 bits per heavy atom. The average Bonchev–Trinajstić information content (AvgIpc) is 2.85. The van der Waals surface area contributed by atoms with Crippen LogP contribution in [0.25, 0.3) is 0 Å². The Hall–Kier alpha value is -2.37. The first-order valence-electron chi connectivity index (χ1n) is 8.04. The highest BCUT2D eigenvalue weighted by Crippen LogP contribution is 2.42. The lowest BCUT2D eigenvalue weighted by Crippen LogP contribution is -2.36. The minimum Gasteiger partial charge on any atom is -0.465 e. The van der Waals surface area contributed by atoms with E-state index in [1.165, 1.54) is 0 Å². The number of esters is 3. The average molecular weight is 334 g/mol. The second-order valence-corrected chi connectivity index (χ2v) is 5.81. The second-order valence-electron chi connectivity index (χ2n) is 5.81. The monoisotopic (exact) mass is 334 g/mol. The van der Waals surface area contributed by atoms with Crippen molar-refractivity contribution in [3.05, 3.63) is 35.9 Å². The Bertz CT molecular complexity index is 593. The summed E-state index contributed by atoms with van der Waals surface area (Å²) in [5.74, 6) is -4.32. The zero-order valence-corrected chi connectivity index (χ0v) is 14.1. The molecule has 1 aliphatic heterocycles. The van der Waals surface area contributed by atoms with Crippen molar-refractivity contribution in [2.75, 3.05) is 13.2 Å². The molecule has 1 aromatic rings. The standard InChI is InChI=1S/C18H22O6/c1-4-22-16(20)14(17(21)23-5-2)13-11-18(3,24-15(13)19)12-9-7-6-8-10-12/h6-10,13-14H,4-5,11H2,1-3H3/t13-,18+/m1/s1. The number of benzene rings is 1. The lowest BCUT2D eigenvalue weighted by Gasteiger charge is -2.23. The smallest absolute Gasteiger partial charge is 0.321 e. The molecule has 0 aromatic heterocycles. The van der Waals surface area contributed by atoms with E-state index in [-0.39, 0.29) is 19.6 Å². The van der Waals surface area contributed by atoms with E-state index in [1.54, 1.807) is 20.8 Å². The number of cyclic esters (lactones) is 1. The fourth-order valence-corrected chi connectivity index (χ4v) is 2.95. The molecule has 1 heterocycles. The van der Waals surface area contributed by atoms with Crippen LogP contribution in [0.1, 0.15) is 32.8 Å². The Morgan fingerprint density at radius 3 is 2.21 bits per heavy atom. The van der Waals surface area contributed by atoms with Crippen molar-refractivity contribution in [1.29, 1.82) is 0 Å². The van der Waals surface area contributed by atoms with E-state index in [1.807, 2.05) is 30.3 Å². The van der Waals surface area contributed by atoms with Crippen molar-refractivity contribution in [3.8, 4) is 0 Å². The maximum atomic E-state index is 12.4. The first kappa shape index (κ1) is 18.0. The molecule has 0 spiro atoms. The molecule has 130 valence electrons. The Balaban J connectivity index is 2.29. The van der Waals surface area contributed by atoms with Crippen molar-refractivity contribution in [1.82, 2.24) is 0 Å². The van der Waals surface area contributed by atoms with Crippen molar-refractivity contribution in [2.24, 2.45) is 11.8 Å². The predicted octanol–water partition coefficient (Wildman–Crippen LogP) is 2.21. The van der Waals surface area contributed by atoms with Crippen LogP contribution >= 0.6 is 0 Å². The number of carbonyl (C=O) groups excluding carboxylic acids is 3. The highest BCUT2D eigenvalue weighted by atomic mass is 16.6. The molecule has 6 nitrogen and oxygen atoms in total. The normalized spacial score (nSPS) is 23.0. The quantitative estimate of drug-likeness (QED) is 0.451. The van der Waals surface area contributed by atoms with Gasteiger partial charge in [-0.3, -0.25) is 14.4 Å². The topological polar surface area (TPSA) is 78.9 Å². The van der Waals surface area contributed by atoms with Crippen molar-refractivity contribution < 1.29 is 28.6 Å². The molecular weight excluding hydrogens is 312 g/mol. The van der Waals surface area contributed by atoms with Gasteiger partial charge in [0.05, 0.1) is 19.1 Å². The minimum absolute atomic E-state index is 0.118. The van der Waals surface area contributed by atoms with E-state index in [4.69, 9.17) is 14.2 Å². The maximum absolute atomic E-state index is 12.4. The van der Waals surface area contributed by atoms with Gasteiger partial charge in [0.1, 0.15) is 5.60 Å². The summed E-state index contributed by atoms with van der Waals surface area (Å²) in [5, 5.41) is 0. The van der Waals surface area contributed by atoms with E-state index in [2.05, 4.69) is 0 Å². The van der Waals surface area contributed by atoms with Crippen LogP contribution in [0, 0.1) is 11.8 Å². The van der Waals surface area contributed by atoms with E-state index < -0.39 is 35.3 Å². The zero-order chi connectivity index (χ0) is 17.7. The summed E-state index contributed by atoms with van der Waals surface area (Å²) in [7, 11) is 0. The summed E-state index contributed by atoms with van der Waals surface area (Å²) >= 11 is 0. The van der Waals surface area contributed by atoms with Gasteiger partial charge in [-0.2, -0.15) is 0 Å². The molecule has 2 rings (SSSR count). The van der Waals surface area contributed by atoms with Crippen LogP contribution in [-0.4, -0.2) is 31.1 Å². The number of rotatable bonds is 6. The Labute approximate surface area is 141 Å². The summed E-state index contributed by atoms with van der Waals surface area (Å²) in [6.07, 6.45) is 0.206. The molecule has 0 radical (unpaired) electrons. The Morgan fingerprint density at radius 2 is 1.71 bits per heavy atom. The van der Waals surface area contributed by atoms with Crippen LogP contribution < -0.4 is 0 Å². The van der Waals surface area contributed by atoms with E-state index in [9.17, 15) is 14.4 Å². The van der Waals surface area contributed by atoms with Gasteiger partial charge >= 0.3 is 17.9 Å². The zero-order valence-electron chi connectivity index (χ0n) is 14.1. The molecule has 1 saturated heterocycles. The second kappa shape index (κ2) is 7.47. The van der Waals surface area contributed by atoms with Crippen LogP contribution in [0.3, 0.4) is 0 Å².